The Bertz CT molecular complexity index is 672. The molecule has 21 heavy (non-hydrogen) atoms. The van der Waals surface area contributed by atoms with Gasteiger partial charge in [0.2, 0.25) is 10.0 Å². The summed E-state index contributed by atoms with van der Waals surface area (Å²) in [6, 6.07) is 6.85. The molecule has 0 amide bonds. The predicted molar refractivity (Wildman–Crippen MR) is 82.3 cm³/mol. The minimum absolute atomic E-state index is 0.188. The first kappa shape index (κ1) is 16.0. The van der Waals surface area contributed by atoms with Gasteiger partial charge in [-0.2, -0.15) is 9.57 Å². The number of nitrogens with zero attached hydrogens (tertiary/aromatic N) is 2. The van der Waals surface area contributed by atoms with Gasteiger partial charge in [0.25, 0.3) is 0 Å². The van der Waals surface area contributed by atoms with Gasteiger partial charge in [-0.05, 0) is 49.3 Å². The van der Waals surface area contributed by atoms with Crippen LogP contribution in [-0.2, 0) is 10.0 Å². The van der Waals surface area contributed by atoms with E-state index < -0.39 is 10.0 Å². The summed E-state index contributed by atoms with van der Waals surface area (Å²) in [6.07, 6.45) is 2.78. The molecule has 0 aliphatic carbocycles. The summed E-state index contributed by atoms with van der Waals surface area (Å²) in [6.45, 7) is 7.25. The molecule has 1 aliphatic rings. The SMILES string of the molecule is Cc1ccc(C#N)cc1S(=O)(=O)N1CCCC(C)(C)CC1. The van der Waals surface area contributed by atoms with E-state index in [-0.39, 0.29) is 10.3 Å². The summed E-state index contributed by atoms with van der Waals surface area (Å²) in [5, 5.41) is 8.98. The van der Waals surface area contributed by atoms with Crippen LogP contribution < -0.4 is 0 Å². The van der Waals surface area contributed by atoms with Crippen LogP contribution in [0.25, 0.3) is 0 Å². The average molecular weight is 306 g/mol. The van der Waals surface area contributed by atoms with E-state index in [9.17, 15) is 8.42 Å². The molecule has 1 fully saturated rings. The molecule has 2 rings (SSSR count). The number of rotatable bonds is 2. The van der Waals surface area contributed by atoms with Crippen LogP contribution in [0.5, 0.6) is 0 Å². The van der Waals surface area contributed by atoms with Crippen LogP contribution in [0.1, 0.15) is 44.2 Å². The zero-order chi connectivity index (χ0) is 15.7. The standard InChI is InChI=1S/C16H22N2O2S/c1-13-5-6-14(12-17)11-15(13)21(19,20)18-9-4-7-16(2,3)8-10-18/h5-6,11H,4,7-10H2,1-3H3. The molecular weight excluding hydrogens is 284 g/mol. The second-order valence-corrected chi connectivity index (χ2v) is 8.42. The van der Waals surface area contributed by atoms with Crippen LogP contribution >= 0.6 is 0 Å². The Labute approximate surface area is 127 Å². The highest BCUT2D eigenvalue weighted by molar-refractivity contribution is 7.89. The molecule has 0 spiro atoms. The lowest BCUT2D eigenvalue weighted by atomic mass is 9.85. The van der Waals surface area contributed by atoms with Crippen molar-refractivity contribution >= 4 is 10.0 Å². The highest BCUT2D eigenvalue weighted by Crippen LogP contribution is 2.32. The van der Waals surface area contributed by atoms with Gasteiger partial charge in [0, 0.05) is 13.1 Å². The fourth-order valence-corrected chi connectivity index (χ4v) is 4.46. The van der Waals surface area contributed by atoms with Crippen LogP contribution in [0.15, 0.2) is 23.1 Å². The van der Waals surface area contributed by atoms with Gasteiger partial charge >= 0.3 is 0 Å². The van der Waals surface area contributed by atoms with E-state index in [0.717, 1.165) is 19.3 Å². The van der Waals surface area contributed by atoms with Crippen molar-refractivity contribution in [1.82, 2.24) is 4.31 Å². The number of aryl methyl sites for hydroxylation is 1. The third kappa shape index (κ3) is 3.45. The van der Waals surface area contributed by atoms with E-state index in [0.29, 0.717) is 24.2 Å². The van der Waals surface area contributed by atoms with Crippen LogP contribution in [0.2, 0.25) is 0 Å². The Morgan fingerprint density at radius 1 is 1.24 bits per heavy atom. The molecule has 0 bridgehead atoms. The summed E-state index contributed by atoms with van der Waals surface area (Å²) in [4.78, 5) is 0.265. The van der Waals surface area contributed by atoms with Crippen molar-refractivity contribution in [2.45, 2.75) is 44.9 Å². The van der Waals surface area contributed by atoms with E-state index in [2.05, 4.69) is 13.8 Å². The number of nitriles is 1. The minimum atomic E-state index is -3.52. The van der Waals surface area contributed by atoms with Crippen molar-refractivity contribution < 1.29 is 8.42 Å². The number of hydrogen-bond donors (Lipinski definition) is 0. The molecule has 1 aliphatic heterocycles. The van der Waals surface area contributed by atoms with Crippen molar-refractivity contribution in [3.63, 3.8) is 0 Å². The molecule has 4 nitrogen and oxygen atoms in total. The van der Waals surface area contributed by atoms with Gasteiger partial charge < -0.3 is 0 Å². The fourth-order valence-electron chi connectivity index (χ4n) is 2.73. The Morgan fingerprint density at radius 2 is 1.95 bits per heavy atom. The van der Waals surface area contributed by atoms with Crippen molar-refractivity contribution in [2.75, 3.05) is 13.1 Å². The molecule has 1 heterocycles. The molecule has 1 saturated heterocycles. The summed E-state index contributed by atoms with van der Waals surface area (Å²) in [5.41, 5.74) is 1.26. The van der Waals surface area contributed by atoms with E-state index in [1.54, 1.807) is 23.4 Å². The van der Waals surface area contributed by atoms with Crippen molar-refractivity contribution in [2.24, 2.45) is 5.41 Å². The first-order chi connectivity index (χ1) is 9.76. The molecule has 0 radical (unpaired) electrons. The van der Waals surface area contributed by atoms with Gasteiger partial charge in [-0.15, -0.1) is 0 Å². The maximum absolute atomic E-state index is 12.9. The smallest absolute Gasteiger partial charge is 0.207 e. The van der Waals surface area contributed by atoms with Crippen LogP contribution in [-0.4, -0.2) is 25.8 Å². The maximum atomic E-state index is 12.9. The Hall–Kier alpha value is -1.38. The molecule has 0 atom stereocenters. The second kappa shape index (κ2) is 5.78. The van der Waals surface area contributed by atoms with Crippen molar-refractivity contribution in [3.05, 3.63) is 29.3 Å². The maximum Gasteiger partial charge on any atom is 0.243 e. The molecular formula is C16H22N2O2S. The highest BCUT2D eigenvalue weighted by Gasteiger charge is 2.31. The molecule has 5 heteroatoms. The first-order valence-electron chi connectivity index (χ1n) is 7.27. The van der Waals surface area contributed by atoms with Gasteiger partial charge in [-0.1, -0.05) is 19.9 Å². The van der Waals surface area contributed by atoms with E-state index >= 15 is 0 Å². The second-order valence-electron chi connectivity index (χ2n) is 6.51. The zero-order valence-electron chi connectivity index (χ0n) is 12.9. The highest BCUT2D eigenvalue weighted by atomic mass is 32.2. The molecule has 0 saturated carbocycles. The Kier molecular flexibility index (Phi) is 4.40. The summed E-state index contributed by atoms with van der Waals surface area (Å²) in [5.74, 6) is 0. The van der Waals surface area contributed by atoms with E-state index in [4.69, 9.17) is 5.26 Å². The minimum Gasteiger partial charge on any atom is -0.207 e. The Morgan fingerprint density at radius 3 is 2.62 bits per heavy atom. The first-order valence-corrected chi connectivity index (χ1v) is 8.71. The molecule has 1 aromatic rings. The lowest BCUT2D eigenvalue weighted by Gasteiger charge is -2.23. The quantitative estimate of drug-likeness (QED) is 0.843. The van der Waals surface area contributed by atoms with Gasteiger partial charge in [0.05, 0.1) is 16.5 Å². The molecule has 0 unspecified atom stereocenters. The van der Waals surface area contributed by atoms with Crippen LogP contribution in [0.3, 0.4) is 0 Å². The average Bonchev–Trinajstić information content (AvgIpc) is 2.60. The third-order valence-corrected chi connectivity index (χ3v) is 6.27. The lowest BCUT2D eigenvalue weighted by molar-refractivity contribution is 0.315. The monoisotopic (exact) mass is 306 g/mol. The number of sulfonamides is 1. The molecule has 1 aromatic carbocycles. The van der Waals surface area contributed by atoms with Gasteiger partial charge in [0.15, 0.2) is 0 Å². The van der Waals surface area contributed by atoms with Gasteiger partial charge in [0.1, 0.15) is 0 Å². The molecule has 0 N–H and O–H groups in total. The summed E-state index contributed by atoms with van der Waals surface area (Å²) >= 11 is 0. The van der Waals surface area contributed by atoms with Crippen LogP contribution in [0, 0.1) is 23.7 Å². The number of hydrogen-bond acceptors (Lipinski definition) is 3. The molecule has 114 valence electrons. The Balaban J connectivity index is 2.36. The number of benzene rings is 1. The topological polar surface area (TPSA) is 61.2 Å². The van der Waals surface area contributed by atoms with Gasteiger partial charge in [-0.3, -0.25) is 0 Å². The summed E-state index contributed by atoms with van der Waals surface area (Å²) < 4.78 is 27.3. The normalized spacial score (nSPS) is 19.7. The van der Waals surface area contributed by atoms with Crippen molar-refractivity contribution in [1.29, 1.82) is 5.26 Å². The zero-order valence-corrected chi connectivity index (χ0v) is 13.7. The molecule has 0 aromatic heterocycles. The van der Waals surface area contributed by atoms with Gasteiger partial charge in [-0.25, -0.2) is 8.42 Å². The summed E-state index contributed by atoms with van der Waals surface area (Å²) in [7, 11) is -3.52. The fraction of sp³-hybridized carbons (Fsp3) is 0.562. The third-order valence-electron chi connectivity index (χ3n) is 4.23. The van der Waals surface area contributed by atoms with E-state index in [1.807, 2.05) is 6.07 Å². The van der Waals surface area contributed by atoms with Crippen LogP contribution in [0.4, 0.5) is 0 Å². The lowest BCUT2D eigenvalue weighted by Crippen LogP contribution is -2.33. The van der Waals surface area contributed by atoms with Crippen molar-refractivity contribution in [3.8, 4) is 6.07 Å². The predicted octanol–water partition coefficient (Wildman–Crippen LogP) is 3.07. The van der Waals surface area contributed by atoms with E-state index in [1.165, 1.54) is 6.07 Å². The largest absolute Gasteiger partial charge is 0.243 e.